The Balaban J connectivity index is 2.71. The molecule has 4 nitrogen and oxygen atoms in total. The fourth-order valence-electron chi connectivity index (χ4n) is 1.05. The Morgan fingerprint density at radius 3 is 2.53 bits per heavy atom. The molecule has 0 saturated heterocycles. The summed E-state index contributed by atoms with van der Waals surface area (Å²) in [7, 11) is 0. The lowest BCUT2D eigenvalue weighted by Crippen LogP contribution is -2.34. The highest BCUT2D eigenvalue weighted by Gasteiger charge is 2.05. The Bertz CT molecular complexity index is 362. The van der Waals surface area contributed by atoms with E-state index in [1.54, 1.807) is 24.3 Å². The summed E-state index contributed by atoms with van der Waals surface area (Å²) in [6, 6.07) is 6.74. The number of nitrogens with one attached hydrogen (secondary N) is 1. The number of carbonyl (C=O) groups excluding carboxylic acids is 1. The van der Waals surface area contributed by atoms with Gasteiger partial charge >= 0.3 is 0 Å². The van der Waals surface area contributed by atoms with Gasteiger partial charge in [-0.15, -0.1) is 0 Å². The van der Waals surface area contributed by atoms with Crippen molar-refractivity contribution in [2.45, 2.75) is 6.92 Å². The highest BCUT2D eigenvalue weighted by molar-refractivity contribution is 7.80. The third-order valence-electron chi connectivity index (χ3n) is 1.66. The fraction of sp³-hybridized carbons (Fsp3) is 0.200. The minimum atomic E-state index is -0.314. The van der Waals surface area contributed by atoms with E-state index in [1.165, 1.54) is 0 Å². The van der Waals surface area contributed by atoms with Crippen LogP contribution in [0.4, 0.5) is 0 Å². The van der Waals surface area contributed by atoms with Crippen LogP contribution in [0.5, 0.6) is 5.75 Å². The van der Waals surface area contributed by atoms with Gasteiger partial charge in [0.2, 0.25) is 0 Å². The molecule has 0 aliphatic rings. The van der Waals surface area contributed by atoms with Crippen LogP contribution in [0.3, 0.4) is 0 Å². The van der Waals surface area contributed by atoms with Crippen LogP contribution in [0.25, 0.3) is 0 Å². The van der Waals surface area contributed by atoms with Crippen molar-refractivity contribution in [1.29, 1.82) is 0 Å². The molecule has 0 aliphatic carbocycles. The Morgan fingerprint density at radius 2 is 2.07 bits per heavy atom. The first-order chi connectivity index (χ1) is 7.13. The molecule has 0 radical (unpaired) electrons. The van der Waals surface area contributed by atoms with Gasteiger partial charge in [-0.05, 0) is 43.4 Å². The molecule has 0 unspecified atom stereocenters. The van der Waals surface area contributed by atoms with Gasteiger partial charge < -0.3 is 10.5 Å². The third kappa shape index (κ3) is 3.55. The van der Waals surface area contributed by atoms with Crippen LogP contribution in [0, 0.1) is 0 Å². The molecule has 1 aromatic carbocycles. The van der Waals surface area contributed by atoms with Gasteiger partial charge in [0, 0.05) is 5.56 Å². The van der Waals surface area contributed by atoms with Crippen LogP contribution in [0.1, 0.15) is 17.3 Å². The maximum Gasteiger partial charge on any atom is 0.257 e. The molecule has 0 aliphatic heterocycles. The Kier molecular flexibility index (Phi) is 4.05. The van der Waals surface area contributed by atoms with Crippen LogP contribution in [-0.4, -0.2) is 17.6 Å². The zero-order valence-electron chi connectivity index (χ0n) is 8.32. The SMILES string of the molecule is CCOc1ccc(C(=O)NC(N)=S)cc1. The van der Waals surface area contributed by atoms with Crippen molar-refractivity contribution in [2.75, 3.05) is 6.61 Å². The highest BCUT2D eigenvalue weighted by Crippen LogP contribution is 2.11. The summed E-state index contributed by atoms with van der Waals surface area (Å²) in [6.07, 6.45) is 0. The Morgan fingerprint density at radius 1 is 1.47 bits per heavy atom. The molecular formula is C10H12N2O2S. The van der Waals surface area contributed by atoms with Gasteiger partial charge in [-0.2, -0.15) is 0 Å². The lowest BCUT2D eigenvalue weighted by molar-refractivity contribution is 0.0977. The molecule has 5 heteroatoms. The average molecular weight is 224 g/mol. The molecule has 80 valence electrons. The molecule has 1 rings (SSSR count). The van der Waals surface area contributed by atoms with Crippen LogP contribution in [-0.2, 0) is 0 Å². The van der Waals surface area contributed by atoms with E-state index < -0.39 is 0 Å². The second kappa shape index (κ2) is 5.31. The maximum atomic E-state index is 11.4. The van der Waals surface area contributed by atoms with E-state index in [0.717, 1.165) is 5.75 Å². The van der Waals surface area contributed by atoms with Gasteiger partial charge in [-0.1, -0.05) is 0 Å². The highest BCUT2D eigenvalue weighted by atomic mass is 32.1. The predicted molar refractivity (Wildman–Crippen MR) is 61.9 cm³/mol. The van der Waals surface area contributed by atoms with E-state index in [0.29, 0.717) is 12.2 Å². The second-order valence-electron chi connectivity index (χ2n) is 2.78. The quantitative estimate of drug-likeness (QED) is 0.753. The molecule has 0 saturated carbocycles. The zero-order valence-corrected chi connectivity index (χ0v) is 9.14. The molecule has 1 aromatic rings. The molecule has 0 spiro atoms. The van der Waals surface area contributed by atoms with E-state index in [4.69, 9.17) is 10.5 Å². The molecule has 0 atom stereocenters. The van der Waals surface area contributed by atoms with Crippen LogP contribution in [0.15, 0.2) is 24.3 Å². The third-order valence-corrected chi connectivity index (χ3v) is 1.77. The van der Waals surface area contributed by atoms with Crippen molar-refractivity contribution in [3.8, 4) is 5.75 Å². The van der Waals surface area contributed by atoms with Crippen LogP contribution >= 0.6 is 12.2 Å². The first-order valence-corrected chi connectivity index (χ1v) is 4.88. The minimum absolute atomic E-state index is 0.0334. The molecule has 3 N–H and O–H groups in total. The summed E-state index contributed by atoms with van der Waals surface area (Å²) >= 11 is 4.56. The van der Waals surface area contributed by atoms with Crippen molar-refractivity contribution in [1.82, 2.24) is 5.32 Å². The van der Waals surface area contributed by atoms with Gasteiger partial charge in [0.15, 0.2) is 5.11 Å². The zero-order chi connectivity index (χ0) is 11.3. The van der Waals surface area contributed by atoms with Gasteiger partial charge in [-0.3, -0.25) is 10.1 Å². The molecule has 15 heavy (non-hydrogen) atoms. The summed E-state index contributed by atoms with van der Waals surface area (Å²) in [4.78, 5) is 11.4. The number of amides is 1. The molecule has 1 amide bonds. The summed E-state index contributed by atoms with van der Waals surface area (Å²) in [5.74, 6) is 0.412. The maximum absolute atomic E-state index is 11.4. The number of carbonyl (C=O) groups is 1. The topological polar surface area (TPSA) is 64.3 Å². The van der Waals surface area contributed by atoms with Crippen molar-refractivity contribution in [3.63, 3.8) is 0 Å². The number of hydrogen-bond acceptors (Lipinski definition) is 3. The number of hydrogen-bond donors (Lipinski definition) is 2. The molecule has 0 heterocycles. The molecule has 0 aromatic heterocycles. The molecule has 0 fully saturated rings. The van der Waals surface area contributed by atoms with E-state index in [2.05, 4.69) is 17.5 Å². The van der Waals surface area contributed by atoms with Gasteiger partial charge in [0.05, 0.1) is 6.61 Å². The number of benzene rings is 1. The van der Waals surface area contributed by atoms with E-state index in [9.17, 15) is 4.79 Å². The van der Waals surface area contributed by atoms with Crippen molar-refractivity contribution in [2.24, 2.45) is 5.73 Å². The van der Waals surface area contributed by atoms with Crippen molar-refractivity contribution in [3.05, 3.63) is 29.8 Å². The van der Waals surface area contributed by atoms with Crippen molar-refractivity contribution < 1.29 is 9.53 Å². The first-order valence-electron chi connectivity index (χ1n) is 4.47. The van der Waals surface area contributed by atoms with E-state index >= 15 is 0 Å². The molecular weight excluding hydrogens is 212 g/mol. The van der Waals surface area contributed by atoms with Crippen molar-refractivity contribution >= 4 is 23.2 Å². The van der Waals surface area contributed by atoms with E-state index in [-0.39, 0.29) is 11.0 Å². The summed E-state index contributed by atoms with van der Waals surface area (Å²) in [5, 5.41) is 2.31. The largest absolute Gasteiger partial charge is 0.494 e. The van der Waals surface area contributed by atoms with Gasteiger partial charge in [0.1, 0.15) is 5.75 Å². The van der Waals surface area contributed by atoms with Crippen LogP contribution < -0.4 is 15.8 Å². The lowest BCUT2D eigenvalue weighted by Gasteiger charge is -2.05. The monoisotopic (exact) mass is 224 g/mol. The summed E-state index contributed by atoms with van der Waals surface area (Å²) in [6.45, 7) is 2.49. The number of nitrogens with two attached hydrogens (primary N) is 1. The number of ether oxygens (including phenoxy) is 1. The van der Waals surface area contributed by atoms with Gasteiger partial charge in [0.25, 0.3) is 5.91 Å². The first kappa shape index (κ1) is 11.5. The normalized spacial score (nSPS) is 9.40. The summed E-state index contributed by atoms with van der Waals surface area (Å²) < 4.78 is 5.24. The van der Waals surface area contributed by atoms with Crippen LogP contribution in [0.2, 0.25) is 0 Å². The molecule has 0 bridgehead atoms. The Labute approximate surface area is 93.4 Å². The number of thiocarbonyl (C=S) groups is 1. The minimum Gasteiger partial charge on any atom is -0.494 e. The predicted octanol–water partition coefficient (Wildman–Crippen LogP) is 1.06. The second-order valence-corrected chi connectivity index (χ2v) is 3.22. The standard InChI is InChI=1S/C10H12N2O2S/c1-2-14-8-5-3-7(4-6-8)9(13)12-10(11)15/h3-6H,2H2,1H3,(H3,11,12,13,15). The van der Waals surface area contributed by atoms with Gasteiger partial charge in [-0.25, -0.2) is 0 Å². The number of rotatable bonds is 3. The fourth-order valence-corrected chi connectivity index (χ4v) is 1.15. The smallest absolute Gasteiger partial charge is 0.257 e. The summed E-state index contributed by atoms with van der Waals surface area (Å²) in [5.41, 5.74) is 5.68. The van der Waals surface area contributed by atoms with E-state index in [1.807, 2.05) is 6.92 Å². The Hall–Kier alpha value is -1.62. The lowest BCUT2D eigenvalue weighted by atomic mass is 10.2. The average Bonchev–Trinajstić information content (AvgIpc) is 2.18.